The molecule has 0 aliphatic heterocycles. The van der Waals surface area contributed by atoms with Crippen LogP contribution < -0.4 is 5.73 Å². The van der Waals surface area contributed by atoms with Gasteiger partial charge in [0.15, 0.2) is 11.4 Å². The zero-order valence-electron chi connectivity index (χ0n) is 5.54. The molecule has 0 spiro atoms. The molecule has 0 radical (unpaired) electrons. The second kappa shape index (κ2) is 1.95. The van der Waals surface area contributed by atoms with Gasteiger partial charge in [-0.1, -0.05) is 6.07 Å². The molecule has 0 unspecified atom stereocenters. The largest absolute Gasteiger partial charge is 0.421 e. The number of nitrogens with two attached hydrogens (primary N) is 1. The van der Waals surface area contributed by atoms with Gasteiger partial charge in [-0.3, -0.25) is 0 Å². The fraction of sp³-hybridized carbons (Fsp3) is 0. The van der Waals surface area contributed by atoms with E-state index >= 15 is 0 Å². The normalized spacial score (nSPS) is 10.6. The van der Waals surface area contributed by atoms with E-state index in [-0.39, 0.29) is 11.6 Å². The lowest BCUT2D eigenvalue weighted by Gasteiger charge is -1.85. The van der Waals surface area contributed by atoms with Gasteiger partial charge in [-0.15, -0.1) is 0 Å². The summed E-state index contributed by atoms with van der Waals surface area (Å²) >= 11 is 0. The molecule has 2 rings (SSSR count). The molecule has 3 nitrogen and oxygen atoms in total. The fourth-order valence-electron chi connectivity index (χ4n) is 0.933. The molecule has 1 aromatic carbocycles. The Labute approximate surface area is 61.6 Å². The van der Waals surface area contributed by atoms with E-state index in [0.717, 1.165) is 0 Å². The summed E-state index contributed by atoms with van der Waals surface area (Å²) in [7, 11) is 0. The summed E-state index contributed by atoms with van der Waals surface area (Å²) in [4.78, 5) is 3.75. The van der Waals surface area contributed by atoms with Crippen LogP contribution >= 0.6 is 0 Å². The Bertz CT molecular complexity index is 396. The first-order valence-electron chi connectivity index (χ1n) is 3.08. The lowest BCUT2D eigenvalue weighted by Crippen LogP contribution is -1.80. The van der Waals surface area contributed by atoms with E-state index in [0.29, 0.717) is 5.52 Å². The van der Waals surface area contributed by atoms with Crippen LogP contribution in [-0.4, -0.2) is 4.98 Å². The molecular formula is C7H5FN2O. The Kier molecular flexibility index (Phi) is 1.09. The van der Waals surface area contributed by atoms with Crippen LogP contribution in [0, 0.1) is 5.82 Å². The summed E-state index contributed by atoms with van der Waals surface area (Å²) in [5.74, 6) is -0.438. The van der Waals surface area contributed by atoms with Gasteiger partial charge in [0, 0.05) is 0 Å². The lowest BCUT2D eigenvalue weighted by atomic mass is 10.3. The summed E-state index contributed by atoms with van der Waals surface area (Å²) in [5, 5.41) is 0. The van der Waals surface area contributed by atoms with Crippen molar-refractivity contribution in [3.63, 3.8) is 0 Å². The topological polar surface area (TPSA) is 52.0 Å². The number of benzene rings is 1. The smallest absolute Gasteiger partial charge is 0.293 e. The number of para-hydroxylation sites is 1. The minimum absolute atomic E-state index is 0.00917. The predicted molar refractivity (Wildman–Crippen MR) is 38.4 cm³/mol. The quantitative estimate of drug-likeness (QED) is 0.623. The van der Waals surface area contributed by atoms with Crippen LogP contribution in [0.15, 0.2) is 22.6 Å². The number of fused-ring (bicyclic) bond motifs is 1. The van der Waals surface area contributed by atoms with E-state index in [9.17, 15) is 4.39 Å². The minimum atomic E-state index is -0.438. The third kappa shape index (κ3) is 0.832. The highest BCUT2D eigenvalue weighted by Gasteiger charge is 2.05. The number of hydrogen-bond acceptors (Lipinski definition) is 3. The van der Waals surface area contributed by atoms with Crippen LogP contribution in [0.4, 0.5) is 10.4 Å². The fourth-order valence-corrected chi connectivity index (χ4v) is 0.933. The molecule has 0 amide bonds. The molecule has 4 heteroatoms. The molecule has 0 aliphatic carbocycles. The van der Waals surface area contributed by atoms with Crippen LogP contribution in [0.3, 0.4) is 0 Å². The van der Waals surface area contributed by atoms with Crippen molar-refractivity contribution >= 4 is 17.1 Å². The lowest BCUT2D eigenvalue weighted by molar-refractivity contribution is 0.567. The Morgan fingerprint density at radius 2 is 2.27 bits per heavy atom. The van der Waals surface area contributed by atoms with Gasteiger partial charge in [-0.2, -0.15) is 4.98 Å². The molecule has 11 heavy (non-hydrogen) atoms. The van der Waals surface area contributed by atoms with Gasteiger partial charge in [0.05, 0.1) is 0 Å². The van der Waals surface area contributed by atoms with E-state index < -0.39 is 5.82 Å². The SMILES string of the molecule is Nc1nc2cccc(F)c2o1. The molecule has 0 fully saturated rings. The minimum Gasteiger partial charge on any atom is -0.421 e. The standard InChI is InChI=1S/C7H5FN2O/c8-4-2-1-3-5-6(4)11-7(9)10-5/h1-3H,(H2,9,10). The van der Waals surface area contributed by atoms with Gasteiger partial charge in [-0.25, -0.2) is 4.39 Å². The first kappa shape index (κ1) is 6.15. The number of halogens is 1. The summed E-state index contributed by atoms with van der Waals surface area (Å²) in [5.41, 5.74) is 5.78. The highest BCUT2D eigenvalue weighted by molar-refractivity contribution is 5.74. The number of nitrogen functional groups attached to an aromatic ring is 1. The van der Waals surface area contributed by atoms with Crippen LogP contribution in [0.5, 0.6) is 0 Å². The first-order chi connectivity index (χ1) is 5.27. The van der Waals surface area contributed by atoms with Crippen molar-refractivity contribution in [3.8, 4) is 0 Å². The Balaban J connectivity index is 2.90. The third-order valence-corrected chi connectivity index (χ3v) is 1.38. The van der Waals surface area contributed by atoms with Gasteiger partial charge in [0.25, 0.3) is 6.01 Å². The maximum Gasteiger partial charge on any atom is 0.293 e. The monoisotopic (exact) mass is 152 g/mol. The van der Waals surface area contributed by atoms with Crippen molar-refractivity contribution in [2.75, 3.05) is 5.73 Å². The molecule has 0 saturated carbocycles. The molecule has 0 atom stereocenters. The number of oxazole rings is 1. The molecule has 0 saturated heterocycles. The molecule has 1 aromatic heterocycles. The Morgan fingerprint density at radius 1 is 1.45 bits per heavy atom. The van der Waals surface area contributed by atoms with E-state index in [1.807, 2.05) is 0 Å². The van der Waals surface area contributed by atoms with Crippen molar-refractivity contribution < 1.29 is 8.81 Å². The predicted octanol–water partition coefficient (Wildman–Crippen LogP) is 1.55. The van der Waals surface area contributed by atoms with Gasteiger partial charge in [0.2, 0.25) is 0 Å². The highest BCUT2D eigenvalue weighted by Crippen LogP contribution is 2.18. The van der Waals surface area contributed by atoms with Crippen molar-refractivity contribution in [3.05, 3.63) is 24.0 Å². The number of anilines is 1. The van der Waals surface area contributed by atoms with Crippen LogP contribution in [0.2, 0.25) is 0 Å². The maximum absolute atomic E-state index is 12.8. The highest BCUT2D eigenvalue weighted by atomic mass is 19.1. The summed E-state index contributed by atoms with van der Waals surface area (Å²) < 4.78 is 17.6. The molecule has 2 aromatic rings. The average Bonchev–Trinajstić information content (AvgIpc) is 2.31. The third-order valence-electron chi connectivity index (χ3n) is 1.38. The van der Waals surface area contributed by atoms with Gasteiger partial charge in [-0.05, 0) is 12.1 Å². The number of hydrogen-bond donors (Lipinski definition) is 1. The summed E-state index contributed by atoms with van der Waals surface area (Å²) in [6.45, 7) is 0. The molecule has 2 N–H and O–H groups in total. The van der Waals surface area contributed by atoms with E-state index in [1.165, 1.54) is 6.07 Å². The maximum atomic E-state index is 12.8. The second-order valence-electron chi connectivity index (χ2n) is 2.14. The summed E-state index contributed by atoms with van der Waals surface area (Å²) in [6.07, 6.45) is 0. The van der Waals surface area contributed by atoms with Crippen molar-refractivity contribution in [2.24, 2.45) is 0 Å². The van der Waals surface area contributed by atoms with Gasteiger partial charge in [0.1, 0.15) is 5.52 Å². The molecule has 0 aliphatic rings. The van der Waals surface area contributed by atoms with Crippen LogP contribution in [-0.2, 0) is 0 Å². The van der Waals surface area contributed by atoms with Crippen LogP contribution in [0.1, 0.15) is 0 Å². The molecule has 1 heterocycles. The Hall–Kier alpha value is -1.58. The zero-order chi connectivity index (χ0) is 7.84. The van der Waals surface area contributed by atoms with Gasteiger partial charge >= 0.3 is 0 Å². The summed E-state index contributed by atoms with van der Waals surface area (Å²) in [6, 6.07) is 4.48. The molecule has 0 bridgehead atoms. The average molecular weight is 152 g/mol. The first-order valence-corrected chi connectivity index (χ1v) is 3.08. The second-order valence-corrected chi connectivity index (χ2v) is 2.14. The number of nitrogens with zero attached hydrogens (tertiary/aromatic N) is 1. The van der Waals surface area contributed by atoms with Crippen molar-refractivity contribution in [1.29, 1.82) is 0 Å². The Morgan fingerprint density at radius 3 is 3.00 bits per heavy atom. The van der Waals surface area contributed by atoms with Gasteiger partial charge < -0.3 is 10.2 Å². The zero-order valence-corrected chi connectivity index (χ0v) is 5.54. The number of rotatable bonds is 0. The van der Waals surface area contributed by atoms with Crippen molar-refractivity contribution in [1.82, 2.24) is 4.98 Å². The molecule has 56 valence electrons. The van der Waals surface area contributed by atoms with Crippen molar-refractivity contribution in [2.45, 2.75) is 0 Å². The van der Waals surface area contributed by atoms with Crippen LogP contribution in [0.25, 0.3) is 11.1 Å². The van der Waals surface area contributed by atoms with E-state index in [2.05, 4.69) is 4.98 Å². The van der Waals surface area contributed by atoms with E-state index in [4.69, 9.17) is 10.2 Å². The molecular weight excluding hydrogens is 147 g/mol. The van der Waals surface area contributed by atoms with E-state index in [1.54, 1.807) is 12.1 Å². The number of aromatic nitrogens is 1.